The first kappa shape index (κ1) is 26.4. The molecule has 5 heteroatoms. The van der Waals surface area contributed by atoms with Crippen LogP contribution in [0, 0.1) is 0 Å². The zero-order chi connectivity index (χ0) is 21.4. The van der Waals surface area contributed by atoms with Crippen molar-refractivity contribution in [3.63, 3.8) is 0 Å². The number of nitrogens with zero attached hydrogens (tertiary/aromatic N) is 1. The third-order valence-electron chi connectivity index (χ3n) is 6.39. The van der Waals surface area contributed by atoms with Crippen molar-refractivity contribution >= 4 is 5.91 Å². The molecule has 0 aromatic heterocycles. The molecule has 1 aliphatic rings. The molecule has 0 radical (unpaired) electrons. The zero-order valence-electron chi connectivity index (χ0n) is 18.9. The number of hydrogen-bond donors (Lipinski definition) is 3. The number of unbranched alkanes of at least 4 members (excludes halogenated alkanes) is 13. The van der Waals surface area contributed by atoms with Crippen LogP contribution in [0.1, 0.15) is 116 Å². The third kappa shape index (κ3) is 10.3. The van der Waals surface area contributed by atoms with Gasteiger partial charge >= 0.3 is 0 Å². The van der Waals surface area contributed by atoms with Gasteiger partial charge in [-0.2, -0.15) is 0 Å². The molecule has 2 unspecified atom stereocenters. The average molecular weight is 414 g/mol. The van der Waals surface area contributed by atoms with Gasteiger partial charge in [-0.05, 0) is 19.3 Å². The Balaban J connectivity index is 2.01. The number of carbonyl (C=O) groups is 1. The van der Waals surface area contributed by atoms with E-state index in [4.69, 9.17) is 0 Å². The monoisotopic (exact) mass is 413 g/mol. The van der Waals surface area contributed by atoms with Crippen LogP contribution >= 0.6 is 0 Å². The first-order valence-electron chi connectivity index (χ1n) is 12.4. The van der Waals surface area contributed by atoms with Crippen molar-refractivity contribution < 1.29 is 20.1 Å². The SMILES string of the molecule is CCCCCCCCCCCCCCCCC(O)C(O)(CO)C(=O)N1CCCC1. The van der Waals surface area contributed by atoms with Gasteiger partial charge < -0.3 is 20.2 Å². The summed E-state index contributed by atoms with van der Waals surface area (Å²) in [6, 6.07) is 0. The molecule has 172 valence electrons. The van der Waals surface area contributed by atoms with Gasteiger partial charge in [0, 0.05) is 13.1 Å². The second-order valence-corrected chi connectivity index (χ2v) is 8.98. The lowest BCUT2D eigenvalue weighted by atomic mass is 9.91. The van der Waals surface area contributed by atoms with Crippen molar-refractivity contribution in [2.45, 2.75) is 128 Å². The molecule has 29 heavy (non-hydrogen) atoms. The van der Waals surface area contributed by atoms with Crippen molar-refractivity contribution in [2.24, 2.45) is 0 Å². The standard InChI is InChI=1S/C24H47NO4/c1-2-3-4-5-6-7-8-9-10-11-12-13-14-15-18-22(27)24(29,21-26)23(28)25-19-16-17-20-25/h22,26-27,29H,2-21H2,1H3. The molecule has 0 spiro atoms. The minimum Gasteiger partial charge on any atom is -0.393 e. The molecule has 1 fully saturated rings. The first-order chi connectivity index (χ1) is 14.1. The van der Waals surface area contributed by atoms with Crippen molar-refractivity contribution in [3.05, 3.63) is 0 Å². The highest BCUT2D eigenvalue weighted by molar-refractivity contribution is 5.86. The Hall–Kier alpha value is -0.650. The highest BCUT2D eigenvalue weighted by atomic mass is 16.4. The number of likely N-dealkylation sites (tertiary alicyclic amines) is 1. The van der Waals surface area contributed by atoms with E-state index in [2.05, 4.69) is 6.92 Å². The molecule has 2 atom stereocenters. The van der Waals surface area contributed by atoms with Gasteiger partial charge in [0.1, 0.15) is 0 Å². The van der Waals surface area contributed by atoms with Gasteiger partial charge in [-0.3, -0.25) is 4.79 Å². The molecule has 5 nitrogen and oxygen atoms in total. The summed E-state index contributed by atoms with van der Waals surface area (Å²) < 4.78 is 0. The predicted octanol–water partition coefficient (Wildman–Crippen LogP) is 4.56. The molecule has 0 aromatic rings. The highest BCUT2D eigenvalue weighted by Crippen LogP contribution is 2.22. The van der Waals surface area contributed by atoms with Crippen LogP contribution in [0.3, 0.4) is 0 Å². The van der Waals surface area contributed by atoms with Crippen LogP contribution in [0.2, 0.25) is 0 Å². The summed E-state index contributed by atoms with van der Waals surface area (Å²) in [6.07, 6.45) is 18.7. The summed E-state index contributed by atoms with van der Waals surface area (Å²) in [5.41, 5.74) is -2.04. The molecule has 0 aliphatic carbocycles. The van der Waals surface area contributed by atoms with Crippen LogP contribution in [0.4, 0.5) is 0 Å². The number of aliphatic hydroxyl groups excluding tert-OH is 2. The normalized spacial score (nSPS) is 17.4. The van der Waals surface area contributed by atoms with Crippen LogP contribution in [-0.4, -0.2) is 57.5 Å². The fourth-order valence-electron chi connectivity index (χ4n) is 4.28. The predicted molar refractivity (Wildman–Crippen MR) is 119 cm³/mol. The van der Waals surface area contributed by atoms with Crippen molar-refractivity contribution in [3.8, 4) is 0 Å². The minimum absolute atomic E-state index is 0.356. The van der Waals surface area contributed by atoms with Crippen LogP contribution in [0.15, 0.2) is 0 Å². The summed E-state index contributed by atoms with van der Waals surface area (Å²) >= 11 is 0. The summed E-state index contributed by atoms with van der Waals surface area (Å²) in [4.78, 5) is 14.0. The Kier molecular flexibility index (Phi) is 14.6. The molecule has 0 aromatic carbocycles. The molecule has 0 saturated carbocycles. The van der Waals surface area contributed by atoms with Gasteiger partial charge in [-0.15, -0.1) is 0 Å². The van der Waals surface area contributed by atoms with Crippen molar-refractivity contribution in [2.75, 3.05) is 19.7 Å². The molecule has 3 N–H and O–H groups in total. The zero-order valence-corrected chi connectivity index (χ0v) is 18.9. The largest absolute Gasteiger partial charge is 0.393 e. The Morgan fingerprint density at radius 1 is 0.828 bits per heavy atom. The van der Waals surface area contributed by atoms with Crippen molar-refractivity contribution in [1.82, 2.24) is 4.90 Å². The van der Waals surface area contributed by atoms with Gasteiger partial charge in [-0.25, -0.2) is 0 Å². The maximum Gasteiger partial charge on any atom is 0.259 e. The molecule has 0 bridgehead atoms. The average Bonchev–Trinajstić information content (AvgIpc) is 3.27. The summed E-state index contributed by atoms with van der Waals surface area (Å²) in [5, 5.41) is 30.4. The molecule has 1 saturated heterocycles. The van der Waals surface area contributed by atoms with Crippen molar-refractivity contribution in [1.29, 1.82) is 0 Å². The second kappa shape index (κ2) is 16.1. The van der Waals surface area contributed by atoms with E-state index >= 15 is 0 Å². The van der Waals surface area contributed by atoms with Crippen LogP contribution in [-0.2, 0) is 4.79 Å². The minimum atomic E-state index is -2.04. The molecular weight excluding hydrogens is 366 g/mol. The lowest BCUT2D eigenvalue weighted by Crippen LogP contribution is -2.58. The van der Waals surface area contributed by atoms with E-state index in [1.54, 1.807) is 4.90 Å². The van der Waals surface area contributed by atoms with Gasteiger partial charge in [0.25, 0.3) is 5.91 Å². The van der Waals surface area contributed by atoms with E-state index < -0.39 is 24.2 Å². The number of rotatable bonds is 18. The number of hydrogen-bond acceptors (Lipinski definition) is 4. The van der Waals surface area contributed by atoms with Crippen LogP contribution in [0.25, 0.3) is 0 Å². The smallest absolute Gasteiger partial charge is 0.259 e. The first-order valence-corrected chi connectivity index (χ1v) is 12.4. The molecule has 1 heterocycles. The Morgan fingerprint density at radius 3 is 1.66 bits per heavy atom. The summed E-state index contributed by atoms with van der Waals surface area (Å²) in [6.45, 7) is 2.75. The quantitative estimate of drug-likeness (QED) is 0.288. The van der Waals surface area contributed by atoms with E-state index in [0.29, 0.717) is 19.5 Å². The Bertz CT molecular complexity index is 412. The fourth-order valence-corrected chi connectivity index (χ4v) is 4.28. The van der Waals surface area contributed by atoms with E-state index in [0.717, 1.165) is 32.1 Å². The number of carbonyl (C=O) groups excluding carboxylic acids is 1. The Labute approximate surface area is 178 Å². The summed E-state index contributed by atoms with van der Waals surface area (Å²) in [7, 11) is 0. The second-order valence-electron chi connectivity index (χ2n) is 8.98. The van der Waals surface area contributed by atoms with Gasteiger partial charge in [0.05, 0.1) is 12.7 Å². The fraction of sp³-hybridized carbons (Fsp3) is 0.958. The lowest BCUT2D eigenvalue weighted by Gasteiger charge is -2.33. The molecule has 1 rings (SSSR count). The highest BCUT2D eigenvalue weighted by Gasteiger charge is 2.45. The van der Waals surface area contributed by atoms with E-state index in [1.165, 1.54) is 70.6 Å². The molecule has 1 amide bonds. The maximum atomic E-state index is 12.4. The van der Waals surface area contributed by atoms with Gasteiger partial charge in [0.2, 0.25) is 0 Å². The maximum absolute atomic E-state index is 12.4. The Morgan fingerprint density at radius 2 is 1.24 bits per heavy atom. The van der Waals surface area contributed by atoms with E-state index in [-0.39, 0.29) is 0 Å². The summed E-state index contributed by atoms with van der Waals surface area (Å²) in [5.74, 6) is -0.518. The van der Waals surface area contributed by atoms with Crippen LogP contribution < -0.4 is 0 Å². The van der Waals surface area contributed by atoms with E-state index in [9.17, 15) is 20.1 Å². The number of amides is 1. The molecule has 1 aliphatic heterocycles. The van der Waals surface area contributed by atoms with Crippen LogP contribution in [0.5, 0.6) is 0 Å². The van der Waals surface area contributed by atoms with E-state index in [1.807, 2.05) is 0 Å². The number of aliphatic hydroxyl groups is 3. The van der Waals surface area contributed by atoms with Gasteiger partial charge in [0.15, 0.2) is 5.60 Å². The van der Waals surface area contributed by atoms with Gasteiger partial charge in [-0.1, -0.05) is 96.8 Å². The topological polar surface area (TPSA) is 81.0 Å². The molecular formula is C24H47NO4. The third-order valence-corrected chi connectivity index (χ3v) is 6.39. The lowest BCUT2D eigenvalue weighted by molar-refractivity contribution is -0.171.